The third kappa shape index (κ3) is 1.87. The molecule has 0 saturated carbocycles. The summed E-state index contributed by atoms with van der Waals surface area (Å²) in [6, 6.07) is 7.63. The molecule has 0 aliphatic rings. The SMILES string of the molecule is Cc1ccc2[nH]c(C(C)(C)C)cc(=O)c2c1. The number of benzene rings is 1. The van der Waals surface area contributed by atoms with Crippen LogP contribution < -0.4 is 5.43 Å². The summed E-state index contributed by atoms with van der Waals surface area (Å²) in [4.78, 5) is 15.3. The van der Waals surface area contributed by atoms with Crippen LogP contribution in [0.1, 0.15) is 32.0 Å². The van der Waals surface area contributed by atoms with Crippen molar-refractivity contribution in [2.24, 2.45) is 0 Å². The van der Waals surface area contributed by atoms with E-state index in [9.17, 15) is 4.79 Å². The third-order valence-electron chi connectivity index (χ3n) is 2.79. The number of pyridine rings is 1. The van der Waals surface area contributed by atoms with Crippen molar-refractivity contribution in [3.05, 3.63) is 45.7 Å². The molecule has 1 aromatic carbocycles. The molecule has 1 heterocycles. The molecule has 0 aliphatic heterocycles. The molecule has 2 heteroatoms. The molecule has 0 spiro atoms. The number of H-pyrrole nitrogens is 1. The van der Waals surface area contributed by atoms with Gasteiger partial charge in [-0.2, -0.15) is 0 Å². The van der Waals surface area contributed by atoms with Crippen LogP contribution in [0.2, 0.25) is 0 Å². The summed E-state index contributed by atoms with van der Waals surface area (Å²) < 4.78 is 0. The van der Waals surface area contributed by atoms with Crippen LogP contribution in [0.5, 0.6) is 0 Å². The first-order valence-electron chi connectivity index (χ1n) is 5.52. The van der Waals surface area contributed by atoms with Gasteiger partial charge in [-0.05, 0) is 19.1 Å². The Hall–Kier alpha value is -1.57. The minimum absolute atomic E-state index is 0.0295. The molecule has 84 valence electrons. The molecule has 0 atom stereocenters. The van der Waals surface area contributed by atoms with Crippen LogP contribution in [-0.4, -0.2) is 4.98 Å². The smallest absolute Gasteiger partial charge is 0.189 e. The highest BCUT2D eigenvalue weighted by Crippen LogP contribution is 2.21. The zero-order chi connectivity index (χ0) is 11.9. The molecule has 0 fully saturated rings. The number of aromatic amines is 1. The van der Waals surface area contributed by atoms with Gasteiger partial charge in [0.2, 0.25) is 0 Å². The van der Waals surface area contributed by atoms with Crippen molar-refractivity contribution in [1.29, 1.82) is 0 Å². The van der Waals surface area contributed by atoms with E-state index in [1.54, 1.807) is 6.07 Å². The Kier molecular flexibility index (Phi) is 2.38. The fourth-order valence-corrected chi connectivity index (χ4v) is 1.76. The van der Waals surface area contributed by atoms with Crippen LogP contribution in [0.4, 0.5) is 0 Å². The third-order valence-corrected chi connectivity index (χ3v) is 2.79. The first-order valence-corrected chi connectivity index (χ1v) is 5.52. The molecule has 2 rings (SSSR count). The van der Waals surface area contributed by atoms with E-state index >= 15 is 0 Å². The van der Waals surface area contributed by atoms with E-state index in [0.717, 1.165) is 22.2 Å². The standard InChI is InChI=1S/C14H17NO/c1-9-5-6-11-10(7-9)12(16)8-13(15-11)14(2,3)4/h5-8H,1-4H3,(H,15,16). The van der Waals surface area contributed by atoms with Crippen molar-refractivity contribution in [3.8, 4) is 0 Å². The molecule has 1 N–H and O–H groups in total. The Morgan fingerprint density at radius 2 is 1.81 bits per heavy atom. The molecule has 1 aromatic heterocycles. The van der Waals surface area contributed by atoms with Crippen molar-refractivity contribution >= 4 is 10.9 Å². The molecule has 0 radical (unpaired) electrons. The second kappa shape index (κ2) is 3.48. The molecule has 0 amide bonds. The molecule has 0 bridgehead atoms. The molecular formula is C14H17NO. The first-order chi connectivity index (χ1) is 7.38. The van der Waals surface area contributed by atoms with Crippen LogP contribution in [0.3, 0.4) is 0 Å². The Balaban J connectivity index is 2.79. The van der Waals surface area contributed by atoms with Crippen molar-refractivity contribution in [1.82, 2.24) is 4.98 Å². The lowest BCUT2D eigenvalue weighted by molar-refractivity contribution is 0.571. The highest BCUT2D eigenvalue weighted by molar-refractivity contribution is 5.79. The number of aromatic nitrogens is 1. The lowest BCUT2D eigenvalue weighted by Gasteiger charge is -2.19. The Morgan fingerprint density at radius 3 is 2.44 bits per heavy atom. The lowest BCUT2D eigenvalue weighted by Crippen LogP contribution is -2.17. The van der Waals surface area contributed by atoms with Gasteiger partial charge in [0.25, 0.3) is 0 Å². The fourth-order valence-electron chi connectivity index (χ4n) is 1.76. The van der Waals surface area contributed by atoms with E-state index in [2.05, 4.69) is 25.8 Å². The number of hydrogen-bond donors (Lipinski definition) is 1. The van der Waals surface area contributed by atoms with Crippen LogP contribution in [0.25, 0.3) is 10.9 Å². The van der Waals surface area contributed by atoms with Crippen LogP contribution in [0, 0.1) is 6.92 Å². The van der Waals surface area contributed by atoms with Gasteiger partial charge >= 0.3 is 0 Å². The van der Waals surface area contributed by atoms with E-state index in [1.807, 2.05) is 25.1 Å². The zero-order valence-electron chi connectivity index (χ0n) is 10.2. The summed E-state index contributed by atoms with van der Waals surface area (Å²) >= 11 is 0. The first kappa shape index (κ1) is 10.9. The minimum Gasteiger partial charge on any atom is -0.358 e. The van der Waals surface area contributed by atoms with Gasteiger partial charge in [0.15, 0.2) is 5.43 Å². The van der Waals surface area contributed by atoms with Crippen LogP contribution in [-0.2, 0) is 5.41 Å². The van der Waals surface area contributed by atoms with Gasteiger partial charge in [-0.1, -0.05) is 32.4 Å². The van der Waals surface area contributed by atoms with Crippen molar-refractivity contribution in [3.63, 3.8) is 0 Å². The Labute approximate surface area is 95.3 Å². The predicted molar refractivity (Wildman–Crippen MR) is 68.0 cm³/mol. The van der Waals surface area contributed by atoms with Crippen molar-refractivity contribution in [2.45, 2.75) is 33.1 Å². The number of hydrogen-bond acceptors (Lipinski definition) is 1. The van der Waals surface area contributed by atoms with Crippen molar-refractivity contribution in [2.75, 3.05) is 0 Å². The van der Waals surface area contributed by atoms with Gasteiger partial charge in [0.1, 0.15) is 0 Å². The highest BCUT2D eigenvalue weighted by Gasteiger charge is 2.15. The average Bonchev–Trinajstić information content (AvgIpc) is 2.17. The number of fused-ring (bicyclic) bond motifs is 1. The second-order valence-corrected chi connectivity index (χ2v) is 5.35. The van der Waals surface area contributed by atoms with Gasteiger partial charge in [0, 0.05) is 28.1 Å². The molecule has 2 nitrogen and oxygen atoms in total. The fraction of sp³-hybridized carbons (Fsp3) is 0.357. The van der Waals surface area contributed by atoms with Crippen molar-refractivity contribution < 1.29 is 0 Å². The number of rotatable bonds is 0. The lowest BCUT2D eigenvalue weighted by atomic mass is 9.91. The predicted octanol–water partition coefficient (Wildman–Crippen LogP) is 3.13. The van der Waals surface area contributed by atoms with E-state index < -0.39 is 0 Å². The highest BCUT2D eigenvalue weighted by atomic mass is 16.1. The number of aryl methyl sites for hydroxylation is 1. The van der Waals surface area contributed by atoms with E-state index in [1.165, 1.54) is 0 Å². The maximum absolute atomic E-state index is 12.0. The van der Waals surface area contributed by atoms with Gasteiger partial charge < -0.3 is 4.98 Å². The van der Waals surface area contributed by atoms with Crippen LogP contribution >= 0.6 is 0 Å². The quantitative estimate of drug-likeness (QED) is 0.719. The van der Waals surface area contributed by atoms with E-state index in [-0.39, 0.29) is 10.8 Å². The average molecular weight is 215 g/mol. The summed E-state index contributed by atoms with van der Waals surface area (Å²) in [5, 5.41) is 0.771. The summed E-state index contributed by atoms with van der Waals surface area (Å²) in [6.45, 7) is 8.28. The minimum atomic E-state index is -0.0295. The van der Waals surface area contributed by atoms with Gasteiger partial charge in [-0.3, -0.25) is 4.79 Å². The maximum atomic E-state index is 12.0. The Bertz CT molecular complexity index is 588. The molecule has 0 saturated heterocycles. The molecule has 0 aliphatic carbocycles. The van der Waals surface area contributed by atoms with E-state index in [4.69, 9.17) is 0 Å². The largest absolute Gasteiger partial charge is 0.358 e. The summed E-state index contributed by atoms with van der Waals surface area (Å²) in [5.41, 5.74) is 3.08. The summed E-state index contributed by atoms with van der Waals surface area (Å²) in [7, 11) is 0. The second-order valence-electron chi connectivity index (χ2n) is 5.35. The van der Waals surface area contributed by atoms with Crippen LogP contribution in [0.15, 0.2) is 29.1 Å². The normalized spacial score (nSPS) is 12.0. The number of nitrogens with one attached hydrogen (secondary N) is 1. The Morgan fingerprint density at radius 1 is 1.12 bits per heavy atom. The van der Waals surface area contributed by atoms with E-state index in [0.29, 0.717) is 0 Å². The topological polar surface area (TPSA) is 32.9 Å². The van der Waals surface area contributed by atoms with Gasteiger partial charge in [-0.15, -0.1) is 0 Å². The monoisotopic (exact) mass is 215 g/mol. The maximum Gasteiger partial charge on any atom is 0.189 e. The van der Waals surface area contributed by atoms with Gasteiger partial charge in [-0.25, -0.2) is 0 Å². The molecule has 16 heavy (non-hydrogen) atoms. The molecule has 2 aromatic rings. The summed E-state index contributed by atoms with van der Waals surface area (Å²) in [6.07, 6.45) is 0. The molecular weight excluding hydrogens is 198 g/mol. The molecule has 0 unspecified atom stereocenters. The summed E-state index contributed by atoms with van der Waals surface area (Å²) in [5.74, 6) is 0. The van der Waals surface area contributed by atoms with Gasteiger partial charge in [0.05, 0.1) is 0 Å². The zero-order valence-corrected chi connectivity index (χ0v) is 10.2.